The summed E-state index contributed by atoms with van der Waals surface area (Å²) in [6, 6.07) is 3.76. The lowest BCUT2D eigenvalue weighted by Crippen LogP contribution is -2.40. The highest BCUT2D eigenvalue weighted by Gasteiger charge is 2.29. The molecule has 1 amide bonds. The molecule has 0 saturated heterocycles. The fourth-order valence-corrected chi connectivity index (χ4v) is 3.36. The van der Waals surface area contributed by atoms with Crippen LogP contribution in [0.2, 0.25) is 0 Å². The second-order valence-corrected chi connectivity index (χ2v) is 6.19. The van der Waals surface area contributed by atoms with Crippen molar-refractivity contribution in [2.24, 2.45) is 0 Å². The highest BCUT2D eigenvalue weighted by atomic mass is 79.9. The van der Waals surface area contributed by atoms with Crippen molar-refractivity contribution in [2.45, 2.75) is 32.7 Å². The largest absolute Gasteiger partial charge is 0.310 e. The van der Waals surface area contributed by atoms with Crippen LogP contribution in [0.1, 0.15) is 30.5 Å². The first-order valence-corrected chi connectivity index (χ1v) is 7.82. The second-order valence-electron chi connectivity index (χ2n) is 5.34. The summed E-state index contributed by atoms with van der Waals surface area (Å²) in [4.78, 5) is 18.7. The minimum atomic E-state index is -0.350. The molecule has 0 N–H and O–H groups in total. The quantitative estimate of drug-likeness (QED) is 0.838. The molecule has 0 aliphatic carbocycles. The van der Waals surface area contributed by atoms with Crippen molar-refractivity contribution in [1.29, 1.82) is 0 Å². The van der Waals surface area contributed by atoms with Gasteiger partial charge in [0, 0.05) is 11.0 Å². The zero-order valence-electron chi connectivity index (χ0n) is 12.1. The average molecular weight is 349 g/mol. The number of nitrogens with zero attached hydrogens (tertiary/aromatic N) is 4. The lowest BCUT2D eigenvalue weighted by molar-refractivity contribution is -0.121. The molecule has 3 rings (SSSR count). The highest BCUT2D eigenvalue weighted by molar-refractivity contribution is 9.10. The molecule has 0 radical (unpaired) electrons. The standard InChI is InChI=1S/C15H17BrN4O/c1-10-5-6-13(16)12-4-3-7-19(14(10)12)15(21)11(2)20-9-17-8-18-20/h5-6,8-9,11H,3-4,7H2,1-2H3. The van der Waals surface area contributed by atoms with Gasteiger partial charge in [0.25, 0.3) is 5.91 Å². The Morgan fingerprint density at radius 1 is 1.43 bits per heavy atom. The minimum Gasteiger partial charge on any atom is -0.310 e. The average Bonchev–Trinajstić information content (AvgIpc) is 3.03. The van der Waals surface area contributed by atoms with Gasteiger partial charge in [0.1, 0.15) is 18.7 Å². The van der Waals surface area contributed by atoms with E-state index in [9.17, 15) is 4.79 Å². The molecule has 1 aliphatic heterocycles. The molecule has 21 heavy (non-hydrogen) atoms. The Labute approximate surface area is 132 Å². The van der Waals surface area contributed by atoms with Crippen LogP contribution in [-0.2, 0) is 11.2 Å². The lowest BCUT2D eigenvalue weighted by Gasteiger charge is -2.33. The Hall–Kier alpha value is -1.69. The van der Waals surface area contributed by atoms with Crippen molar-refractivity contribution < 1.29 is 4.79 Å². The van der Waals surface area contributed by atoms with Crippen LogP contribution in [0.4, 0.5) is 5.69 Å². The Bertz CT molecular complexity index is 669. The molecule has 1 unspecified atom stereocenters. The van der Waals surface area contributed by atoms with E-state index < -0.39 is 0 Å². The van der Waals surface area contributed by atoms with Gasteiger partial charge in [-0.05, 0) is 43.9 Å². The summed E-state index contributed by atoms with van der Waals surface area (Å²) in [6.45, 7) is 4.66. The van der Waals surface area contributed by atoms with Crippen molar-refractivity contribution in [3.63, 3.8) is 0 Å². The molecule has 6 heteroatoms. The molecule has 1 aromatic heterocycles. The number of aromatic nitrogens is 3. The van der Waals surface area contributed by atoms with Crippen molar-refractivity contribution >= 4 is 27.5 Å². The van der Waals surface area contributed by atoms with Crippen LogP contribution in [0.15, 0.2) is 29.3 Å². The molecule has 5 nitrogen and oxygen atoms in total. The van der Waals surface area contributed by atoms with E-state index in [1.165, 1.54) is 11.9 Å². The fourth-order valence-electron chi connectivity index (χ4n) is 2.84. The molecule has 1 atom stereocenters. The van der Waals surface area contributed by atoms with Crippen LogP contribution in [0, 0.1) is 6.92 Å². The second kappa shape index (κ2) is 5.60. The van der Waals surface area contributed by atoms with E-state index in [4.69, 9.17) is 0 Å². The molecular formula is C15H17BrN4O. The molecule has 110 valence electrons. The Morgan fingerprint density at radius 3 is 2.95 bits per heavy atom. The summed E-state index contributed by atoms with van der Waals surface area (Å²) < 4.78 is 2.68. The van der Waals surface area contributed by atoms with Crippen molar-refractivity contribution in [3.8, 4) is 0 Å². The number of rotatable bonds is 2. The molecule has 0 spiro atoms. The summed E-state index contributed by atoms with van der Waals surface area (Å²) in [5.74, 6) is 0.0580. The number of anilines is 1. The molecule has 2 aromatic rings. The molecule has 0 fully saturated rings. The van der Waals surface area contributed by atoms with Crippen LogP contribution in [0.3, 0.4) is 0 Å². The molecule has 1 aromatic carbocycles. The minimum absolute atomic E-state index is 0.0580. The van der Waals surface area contributed by atoms with Crippen LogP contribution in [0.5, 0.6) is 0 Å². The van der Waals surface area contributed by atoms with E-state index in [1.807, 2.05) is 11.8 Å². The zero-order chi connectivity index (χ0) is 15.0. The SMILES string of the molecule is Cc1ccc(Br)c2c1N(C(=O)C(C)n1cncn1)CCC2. The third-order valence-electron chi connectivity index (χ3n) is 3.96. The van der Waals surface area contributed by atoms with E-state index in [0.717, 1.165) is 35.1 Å². The lowest BCUT2D eigenvalue weighted by atomic mass is 9.97. The summed E-state index contributed by atoms with van der Waals surface area (Å²) >= 11 is 3.60. The van der Waals surface area contributed by atoms with Crippen LogP contribution in [0.25, 0.3) is 0 Å². The third-order valence-corrected chi connectivity index (χ3v) is 4.71. The van der Waals surface area contributed by atoms with Gasteiger partial charge in [-0.25, -0.2) is 9.67 Å². The molecule has 0 saturated carbocycles. The van der Waals surface area contributed by atoms with Gasteiger partial charge in [-0.3, -0.25) is 4.79 Å². The monoisotopic (exact) mass is 348 g/mol. The van der Waals surface area contributed by atoms with Crippen molar-refractivity contribution in [1.82, 2.24) is 14.8 Å². The molecule has 1 aliphatic rings. The molecule has 2 heterocycles. The maximum absolute atomic E-state index is 12.8. The van der Waals surface area contributed by atoms with Gasteiger partial charge in [0.2, 0.25) is 0 Å². The normalized spacial score (nSPS) is 15.7. The maximum Gasteiger partial charge on any atom is 0.251 e. The number of aryl methyl sites for hydroxylation is 1. The van der Waals surface area contributed by atoms with Crippen LogP contribution in [-0.4, -0.2) is 27.2 Å². The number of fused-ring (bicyclic) bond motifs is 1. The number of benzene rings is 1. The smallest absolute Gasteiger partial charge is 0.251 e. The maximum atomic E-state index is 12.8. The summed E-state index contributed by atoms with van der Waals surface area (Å²) in [7, 11) is 0. The summed E-state index contributed by atoms with van der Waals surface area (Å²) in [5, 5.41) is 4.08. The van der Waals surface area contributed by atoms with E-state index in [2.05, 4.69) is 45.1 Å². The van der Waals surface area contributed by atoms with Crippen molar-refractivity contribution in [3.05, 3.63) is 40.4 Å². The fraction of sp³-hybridized carbons (Fsp3) is 0.400. The number of hydrogen-bond donors (Lipinski definition) is 0. The van der Waals surface area contributed by atoms with E-state index in [1.54, 1.807) is 11.0 Å². The van der Waals surface area contributed by atoms with Gasteiger partial charge in [-0.15, -0.1) is 0 Å². The van der Waals surface area contributed by atoms with E-state index >= 15 is 0 Å². The highest BCUT2D eigenvalue weighted by Crippen LogP contribution is 2.36. The predicted octanol–water partition coefficient (Wildman–Crippen LogP) is 2.89. The Morgan fingerprint density at radius 2 is 2.24 bits per heavy atom. The predicted molar refractivity (Wildman–Crippen MR) is 84.3 cm³/mol. The van der Waals surface area contributed by atoms with Gasteiger partial charge in [-0.2, -0.15) is 5.10 Å². The Kier molecular flexibility index (Phi) is 3.80. The van der Waals surface area contributed by atoms with Crippen LogP contribution < -0.4 is 4.90 Å². The van der Waals surface area contributed by atoms with Gasteiger partial charge in [0.15, 0.2) is 0 Å². The van der Waals surface area contributed by atoms with Gasteiger partial charge in [-0.1, -0.05) is 22.0 Å². The third kappa shape index (κ3) is 2.48. The zero-order valence-corrected chi connectivity index (χ0v) is 13.7. The molecular weight excluding hydrogens is 332 g/mol. The first kappa shape index (κ1) is 14.3. The molecule has 0 bridgehead atoms. The van der Waals surface area contributed by atoms with E-state index in [0.29, 0.717) is 0 Å². The number of carbonyl (C=O) groups excluding carboxylic acids is 1. The van der Waals surface area contributed by atoms with Crippen LogP contribution >= 0.6 is 15.9 Å². The van der Waals surface area contributed by atoms with Gasteiger partial charge < -0.3 is 4.90 Å². The van der Waals surface area contributed by atoms with Crippen molar-refractivity contribution in [2.75, 3.05) is 11.4 Å². The number of hydrogen-bond acceptors (Lipinski definition) is 3. The van der Waals surface area contributed by atoms with Gasteiger partial charge >= 0.3 is 0 Å². The first-order chi connectivity index (χ1) is 10.1. The van der Waals surface area contributed by atoms with Gasteiger partial charge in [0.05, 0.1) is 5.69 Å². The summed E-state index contributed by atoms with van der Waals surface area (Å²) in [6.07, 6.45) is 5.01. The number of amides is 1. The number of carbonyl (C=O) groups is 1. The number of halogens is 1. The topological polar surface area (TPSA) is 51.0 Å². The Balaban J connectivity index is 1.99. The summed E-state index contributed by atoms with van der Waals surface area (Å²) in [5.41, 5.74) is 3.40. The van der Waals surface area contributed by atoms with E-state index in [-0.39, 0.29) is 11.9 Å². The first-order valence-electron chi connectivity index (χ1n) is 7.03.